The fraction of sp³-hybridized carbons (Fsp3) is 0.292. The lowest BCUT2D eigenvalue weighted by Crippen LogP contribution is -2.37. The highest BCUT2D eigenvalue weighted by atomic mass is 19.1. The SMILES string of the molecule is Nc1cc(CN2CCC(OC(c3ccccc3)c3ccc(F)cc3)CC2)ccn1. The molecule has 0 spiro atoms. The first-order chi connectivity index (χ1) is 14.2. The van der Waals surface area contributed by atoms with Crippen molar-refractivity contribution in [2.75, 3.05) is 18.8 Å². The van der Waals surface area contributed by atoms with E-state index in [-0.39, 0.29) is 18.0 Å². The van der Waals surface area contributed by atoms with Gasteiger partial charge in [-0.05, 0) is 53.8 Å². The molecule has 29 heavy (non-hydrogen) atoms. The molecule has 1 saturated heterocycles. The van der Waals surface area contributed by atoms with Crippen LogP contribution < -0.4 is 5.73 Å². The maximum atomic E-state index is 13.4. The third kappa shape index (κ3) is 5.19. The summed E-state index contributed by atoms with van der Waals surface area (Å²) in [7, 11) is 0. The number of hydrogen-bond donors (Lipinski definition) is 1. The Kier molecular flexibility index (Phi) is 6.17. The van der Waals surface area contributed by atoms with Gasteiger partial charge in [-0.15, -0.1) is 0 Å². The minimum Gasteiger partial charge on any atom is -0.384 e. The Labute approximate surface area is 171 Å². The second kappa shape index (κ2) is 9.16. The number of benzene rings is 2. The van der Waals surface area contributed by atoms with Crippen LogP contribution in [0.3, 0.4) is 0 Å². The molecule has 1 aliphatic rings. The van der Waals surface area contributed by atoms with Gasteiger partial charge in [0.05, 0.1) is 6.10 Å². The van der Waals surface area contributed by atoms with Crippen molar-refractivity contribution < 1.29 is 9.13 Å². The lowest BCUT2D eigenvalue weighted by atomic mass is 10.00. The predicted molar refractivity (Wildman–Crippen MR) is 113 cm³/mol. The lowest BCUT2D eigenvalue weighted by molar-refractivity contribution is -0.0281. The Morgan fingerprint density at radius 2 is 1.69 bits per heavy atom. The summed E-state index contributed by atoms with van der Waals surface area (Å²) in [5, 5.41) is 0. The molecule has 0 bridgehead atoms. The summed E-state index contributed by atoms with van der Waals surface area (Å²) in [5.74, 6) is 0.330. The maximum absolute atomic E-state index is 13.4. The first-order valence-electron chi connectivity index (χ1n) is 10.1. The Bertz CT molecular complexity index is 909. The summed E-state index contributed by atoms with van der Waals surface area (Å²) in [5.41, 5.74) is 9.04. The minimum absolute atomic E-state index is 0.170. The van der Waals surface area contributed by atoms with Crippen molar-refractivity contribution in [3.8, 4) is 0 Å². The molecule has 2 aromatic carbocycles. The number of piperidine rings is 1. The van der Waals surface area contributed by atoms with Crippen molar-refractivity contribution in [3.63, 3.8) is 0 Å². The van der Waals surface area contributed by atoms with E-state index in [0.29, 0.717) is 5.82 Å². The number of pyridine rings is 1. The van der Waals surface area contributed by atoms with Crippen LogP contribution in [-0.4, -0.2) is 29.1 Å². The molecule has 4 rings (SSSR count). The number of anilines is 1. The molecule has 1 atom stereocenters. The summed E-state index contributed by atoms with van der Waals surface area (Å²) in [6.45, 7) is 2.81. The highest BCUT2D eigenvalue weighted by Crippen LogP contribution is 2.30. The van der Waals surface area contributed by atoms with Gasteiger partial charge in [-0.1, -0.05) is 42.5 Å². The molecule has 1 unspecified atom stereocenters. The first-order valence-corrected chi connectivity index (χ1v) is 10.1. The molecule has 1 fully saturated rings. The Hall–Kier alpha value is -2.76. The third-order valence-corrected chi connectivity index (χ3v) is 5.39. The standard InChI is InChI=1S/C24H26FN3O/c25-21-8-6-20(7-9-21)24(19-4-2-1-3-5-19)29-22-11-14-28(15-12-22)17-18-10-13-27-23(26)16-18/h1-10,13,16,22,24H,11-12,14-15,17H2,(H2,26,27). The molecule has 0 amide bonds. The summed E-state index contributed by atoms with van der Waals surface area (Å²) in [4.78, 5) is 6.48. The largest absolute Gasteiger partial charge is 0.384 e. The van der Waals surface area contributed by atoms with Gasteiger partial charge in [0.1, 0.15) is 17.7 Å². The van der Waals surface area contributed by atoms with E-state index in [1.165, 1.54) is 17.7 Å². The lowest BCUT2D eigenvalue weighted by Gasteiger charge is -2.34. The molecule has 5 heteroatoms. The topological polar surface area (TPSA) is 51.4 Å². The second-order valence-corrected chi connectivity index (χ2v) is 7.54. The summed E-state index contributed by atoms with van der Waals surface area (Å²) < 4.78 is 19.9. The zero-order valence-electron chi connectivity index (χ0n) is 16.4. The van der Waals surface area contributed by atoms with E-state index in [4.69, 9.17) is 10.5 Å². The molecular weight excluding hydrogens is 365 g/mol. The van der Waals surface area contributed by atoms with E-state index < -0.39 is 0 Å². The summed E-state index contributed by atoms with van der Waals surface area (Å²) >= 11 is 0. The van der Waals surface area contributed by atoms with Crippen LogP contribution in [0.2, 0.25) is 0 Å². The number of nitrogens with two attached hydrogens (primary N) is 1. The molecule has 0 saturated carbocycles. The van der Waals surface area contributed by atoms with Gasteiger partial charge in [0, 0.05) is 25.8 Å². The van der Waals surface area contributed by atoms with Crippen LogP contribution in [0.25, 0.3) is 0 Å². The molecule has 150 valence electrons. The van der Waals surface area contributed by atoms with Crippen molar-refractivity contribution in [1.29, 1.82) is 0 Å². The smallest absolute Gasteiger partial charge is 0.123 e. The Morgan fingerprint density at radius 3 is 2.38 bits per heavy atom. The van der Waals surface area contributed by atoms with Gasteiger partial charge >= 0.3 is 0 Å². The van der Waals surface area contributed by atoms with E-state index in [9.17, 15) is 4.39 Å². The molecule has 1 aliphatic heterocycles. The first kappa shape index (κ1) is 19.6. The molecule has 1 aromatic heterocycles. The van der Waals surface area contributed by atoms with Crippen LogP contribution in [0.15, 0.2) is 72.9 Å². The highest BCUT2D eigenvalue weighted by molar-refractivity contribution is 5.32. The molecular formula is C24H26FN3O. The number of nitrogen functional groups attached to an aromatic ring is 1. The normalized spacial score (nSPS) is 16.6. The van der Waals surface area contributed by atoms with Gasteiger partial charge in [0.15, 0.2) is 0 Å². The van der Waals surface area contributed by atoms with Crippen molar-refractivity contribution in [2.45, 2.75) is 31.6 Å². The minimum atomic E-state index is -0.231. The number of rotatable bonds is 6. The number of aromatic nitrogens is 1. The fourth-order valence-corrected chi connectivity index (χ4v) is 3.86. The van der Waals surface area contributed by atoms with E-state index in [0.717, 1.165) is 43.6 Å². The number of nitrogens with zero attached hydrogens (tertiary/aromatic N) is 2. The highest BCUT2D eigenvalue weighted by Gasteiger charge is 2.25. The summed E-state index contributed by atoms with van der Waals surface area (Å²) in [6, 6.07) is 20.7. The van der Waals surface area contributed by atoms with Crippen molar-refractivity contribution in [3.05, 3.63) is 95.4 Å². The van der Waals surface area contributed by atoms with Crippen molar-refractivity contribution in [2.24, 2.45) is 0 Å². The van der Waals surface area contributed by atoms with E-state index >= 15 is 0 Å². The molecule has 0 radical (unpaired) electrons. The molecule has 4 nitrogen and oxygen atoms in total. The number of ether oxygens (including phenoxy) is 1. The zero-order chi connectivity index (χ0) is 20.1. The maximum Gasteiger partial charge on any atom is 0.123 e. The van der Waals surface area contributed by atoms with Gasteiger partial charge in [-0.25, -0.2) is 9.37 Å². The van der Waals surface area contributed by atoms with E-state index in [2.05, 4.69) is 22.0 Å². The van der Waals surface area contributed by atoms with Crippen LogP contribution in [0.5, 0.6) is 0 Å². The van der Waals surface area contributed by atoms with Crippen LogP contribution in [0.4, 0.5) is 10.2 Å². The number of likely N-dealkylation sites (tertiary alicyclic amines) is 1. The molecule has 2 N–H and O–H groups in total. The molecule has 0 aliphatic carbocycles. The predicted octanol–water partition coefficient (Wildman–Crippen LogP) is 4.57. The van der Waals surface area contributed by atoms with Gasteiger partial charge in [0.25, 0.3) is 0 Å². The summed E-state index contributed by atoms with van der Waals surface area (Å²) in [6.07, 6.45) is 3.67. The fourth-order valence-electron chi connectivity index (χ4n) is 3.86. The van der Waals surface area contributed by atoms with Gasteiger partial charge in [-0.2, -0.15) is 0 Å². The monoisotopic (exact) mass is 391 g/mol. The molecule has 3 aromatic rings. The zero-order valence-corrected chi connectivity index (χ0v) is 16.4. The third-order valence-electron chi connectivity index (χ3n) is 5.39. The number of halogens is 1. The van der Waals surface area contributed by atoms with Crippen molar-refractivity contribution in [1.82, 2.24) is 9.88 Å². The molecule has 2 heterocycles. The van der Waals surface area contributed by atoms with Gasteiger partial charge < -0.3 is 10.5 Å². The quantitative estimate of drug-likeness (QED) is 0.669. The van der Waals surface area contributed by atoms with E-state index in [1.54, 1.807) is 6.20 Å². The Balaban J connectivity index is 1.40. The van der Waals surface area contributed by atoms with Gasteiger partial charge in [0.2, 0.25) is 0 Å². The average molecular weight is 391 g/mol. The van der Waals surface area contributed by atoms with Crippen molar-refractivity contribution >= 4 is 5.82 Å². The second-order valence-electron chi connectivity index (χ2n) is 7.54. The van der Waals surface area contributed by atoms with Crippen LogP contribution in [0, 0.1) is 5.82 Å². The number of hydrogen-bond acceptors (Lipinski definition) is 4. The van der Waals surface area contributed by atoms with E-state index in [1.807, 2.05) is 42.5 Å². The van der Waals surface area contributed by atoms with Crippen LogP contribution in [-0.2, 0) is 11.3 Å². The Morgan fingerprint density at radius 1 is 1.00 bits per heavy atom. The van der Waals surface area contributed by atoms with Gasteiger partial charge in [-0.3, -0.25) is 4.90 Å². The van der Waals surface area contributed by atoms with Crippen LogP contribution in [0.1, 0.15) is 35.6 Å². The average Bonchev–Trinajstić information content (AvgIpc) is 2.75. The van der Waals surface area contributed by atoms with Crippen LogP contribution >= 0.6 is 0 Å².